The summed E-state index contributed by atoms with van der Waals surface area (Å²) >= 11 is 1.70. The lowest BCUT2D eigenvalue weighted by Gasteiger charge is -2.10. The van der Waals surface area contributed by atoms with Crippen LogP contribution in [0.25, 0.3) is 11.0 Å². The van der Waals surface area contributed by atoms with E-state index in [1.54, 1.807) is 18.4 Å². The van der Waals surface area contributed by atoms with E-state index in [2.05, 4.69) is 45.9 Å². The van der Waals surface area contributed by atoms with Gasteiger partial charge in [-0.3, -0.25) is 4.99 Å². The maximum absolute atomic E-state index is 5.92. The van der Waals surface area contributed by atoms with Crippen LogP contribution in [0.2, 0.25) is 0 Å². The van der Waals surface area contributed by atoms with Crippen LogP contribution in [0.4, 0.5) is 0 Å². The summed E-state index contributed by atoms with van der Waals surface area (Å²) in [5, 5.41) is 11.0. The van der Waals surface area contributed by atoms with E-state index in [-0.39, 0.29) is 24.0 Å². The molecular weight excluding hydrogens is 447 g/mol. The number of guanidine groups is 1. The smallest absolute Gasteiger partial charge is 0.191 e. The predicted octanol–water partition coefficient (Wildman–Crippen LogP) is 4.24. The molecule has 1 aromatic carbocycles. The van der Waals surface area contributed by atoms with Crippen molar-refractivity contribution < 1.29 is 4.42 Å². The number of hydrogen-bond donors (Lipinski definition) is 2. The summed E-state index contributed by atoms with van der Waals surface area (Å²) in [6.45, 7) is 5.46. The standard InChI is InChI=1S/C18H22N4OS.HI/c1-4-17-22-13(11-24-17)9-20-18(19-3)21-10-16-12(2)14-7-5-6-8-15(14)23-16;/h5-8,11H,4,9-10H2,1-3H3,(H2,19,20,21);1H. The number of fused-ring (bicyclic) bond motifs is 1. The number of aromatic nitrogens is 1. The third-order valence-corrected chi connectivity index (χ3v) is 4.96. The summed E-state index contributed by atoms with van der Waals surface area (Å²) in [5.74, 6) is 1.67. The van der Waals surface area contributed by atoms with Gasteiger partial charge in [0.2, 0.25) is 0 Å². The van der Waals surface area contributed by atoms with Gasteiger partial charge in [0, 0.05) is 23.4 Å². The second-order valence-corrected chi connectivity index (χ2v) is 6.45. The van der Waals surface area contributed by atoms with Gasteiger partial charge in [0.1, 0.15) is 11.3 Å². The molecule has 0 aliphatic rings. The number of furan rings is 1. The van der Waals surface area contributed by atoms with Crippen molar-refractivity contribution in [1.29, 1.82) is 0 Å². The first-order chi connectivity index (χ1) is 11.7. The molecule has 0 aliphatic heterocycles. The normalized spacial score (nSPS) is 11.4. The van der Waals surface area contributed by atoms with Gasteiger partial charge < -0.3 is 15.1 Å². The Hall–Kier alpha value is -1.61. The van der Waals surface area contributed by atoms with Gasteiger partial charge in [0.25, 0.3) is 0 Å². The second-order valence-electron chi connectivity index (χ2n) is 5.51. The second kappa shape index (κ2) is 9.19. The maximum Gasteiger partial charge on any atom is 0.191 e. The largest absolute Gasteiger partial charge is 0.459 e. The molecule has 2 N–H and O–H groups in total. The van der Waals surface area contributed by atoms with E-state index in [1.807, 2.05) is 18.2 Å². The van der Waals surface area contributed by atoms with Gasteiger partial charge >= 0.3 is 0 Å². The van der Waals surface area contributed by atoms with Crippen LogP contribution < -0.4 is 10.6 Å². The Bertz CT molecular complexity index is 856. The van der Waals surface area contributed by atoms with Crippen LogP contribution in [0, 0.1) is 6.92 Å². The molecule has 0 unspecified atom stereocenters. The van der Waals surface area contributed by atoms with E-state index in [0.29, 0.717) is 13.1 Å². The molecule has 5 nitrogen and oxygen atoms in total. The number of benzene rings is 1. The summed E-state index contributed by atoms with van der Waals surface area (Å²) < 4.78 is 5.92. The Balaban J connectivity index is 0.00000225. The van der Waals surface area contributed by atoms with E-state index in [1.165, 1.54) is 5.56 Å². The number of nitrogens with zero attached hydrogens (tertiary/aromatic N) is 2. The van der Waals surface area contributed by atoms with Gasteiger partial charge in [-0.1, -0.05) is 25.1 Å². The molecule has 0 bridgehead atoms. The zero-order valence-corrected chi connectivity index (χ0v) is 17.8. The number of nitrogens with one attached hydrogen (secondary N) is 2. The van der Waals surface area contributed by atoms with Crippen LogP contribution in [0.1, 0.15) is 28.9 Å². The minimum atomic E-state index is 0. The summed E-state index contributed by atoms with van der Waals surface area (Å²) in [6.07, 6.45) is 0.975. The third kappa shape index (κ3) is 4.72. The first-order valence-corrected chi connectivity index (χ1v) is 8.94. The van der Waals surface area contributed by atoms with Crippen LogP contribution in [-0.4, -0.2) is 18.0 Å². The molecule has 2 heterocycles. The molecule has 7 heteroatoms. The first kappa shape index (κ1) is 19.7. The number of thiazole rings is 1. The molecule has 25 heavy (non-hydrogen) atoms. The van der Waals surface area contributed by atoms with Gasteiger partial charge in [-0.05, 0) is 19.4 Å². The highest BCUT2D eigenvalue weighted by Gasteiger charge is 2.10. The number of halogens is 1. The summed E-state index contributed by atoms with van der Waals surface area (Å²) in [4.78, 5) is 8.81. The minimum absolute atomic E-state index is 0. The highest BCUT2D eigenvalue weighted by Crippen LogP contribution is 2.24. The third-order valence-electron chi connectivity index (χ3n) is 3.92. The van der Waals surface area contributed by atoms with E-state index in [4.69, 9.17) is 4.42 Å². The van der Waals surface area contributed by atoms with Crippen LogP contribution in [-0.2, 0) is 19.5 Å². The monoisotopic (exact) mass is 470 g/mol. The molecule has 3 rings (SSSR count). The average molecular weight is 470 g/mol. The van der Waals surface area contributed by atoms with E-state index < -0.39 is 0 Å². The summed E-state index contributed by atoms with van der Waals surface area (Å²) in [5.41, 5.74) is 3.13. The molecule has 2 aromatic heterocycles. The number of aryl methyl sites for hydroxylation is 2. The molecule has 0 fully saturated rings. The van der Waals surface area contributed by atoms with E-state index in [9.17, 15) is 0 Å². The van der Waals surface area contributed by atoms with Crippen molar-refractivity contribution >= 4 is 52.2 Å². The highest BCUT2D eigenvalue weighted by molar-refractivity contribution is 14.0. The zero-order valence-electron chi connectivity index (χ0n) is 14.6. The summed E-state index contributed by atoms with van der Waals surface area (Å²) in [7, 11) is 1.76. The van der Waals surface area contributed by atoms with Crippen LogP contribution >= 0.6 is 35.3 Å². The number of hydrogen-bond acceptors (Lipinski definition) is 4. The Morgan fingerprint density at radius 1 is 1.24 bits per heavy atom. The van der Waals surface area contributed by atoms with Gasteiger partial charge in [0.15, 0.2) is 5.96 Å². The number of rotatable bonds is 5. The molecule has 0 spiro atoms. The molecule has 0 aliphatic carbocycles. The Morgan fingerprint density at radius 3 is 2.68 bits per heavy atom. The Kier molecular flexibility index (Phi) is 7.24. The lowest BCUT2D eigenvalue weighted by atomic mass is 10.1. The molecule has 0 atom stereocenters. The van der Waals surface area contributed by atoms with Crippen LogP contribution in [0.15, 0.2) is 39.1 Å². The Labute approximate surface area is 169 Å². The van der Waals surface area contributed by atoms with Gasteiger partial charge in [-0.2, -0.15) is 0 Å². The fourth-order valence-electron chi connectivity index (χ4n) is 2.54. The lowest BCUT2D eigenvalue weighted by Crippen LogP contribution is -2.36. The zero-order chi connectivity index (χ0) is 16.9. The van der Waals surface area contributed by atoms with Crippen molar-refractivity contribution in [2.75, 3.05) is 7.05 Å². The van der Waals surface area contributed by atoms with Crippen LogP contribution in [0.3, 0.4) is 0 Å². The van der Waals surface area contributed by atoms with Crippen LogP contribution in [0.5, 0.6) is 0 Å². The molecule has 0 radical (unpaired) electrons. The topological polar surface area (TPSA) is 62.5 Å². The molecule has 134 valence electrons. The molecule has 0 saturated carbocycles. The molecule has 0 saturated heterocycles. The maximum atomic E-state index is 5.92. The molecular formula is C18H23IN4OS. The van der Waals surface area contributed by atoms with Crippen molar-refractivity contribution in [2.24, 2.45) is 4.99 Å². The number of aliphatic imine (C=N–C) groups is 1. The average Bonchev–Trinajstić information content (AvgIpc) is 3.20. The first-order valence-electron chi connectivity index (χ1n) is 8.06. The van der Waals surface area contributed by atoms with Crippen molar-refractivity contribution in [3.63, 3.8) is 0 Å². The van der Waals surface area contributed by atoms with E-state index in [0.717, 1.165) is 39.8 Å². The van der Waals surface area contributed by atoms with E-state index >= 15 is 0 Å². The van der Waals surface area contributed by atoms with Gasteiger partial charge in [-0.25, -0.2) is 4.98 Å². The molecule has 3 aromatic rings. The lowest BCUT2D eigenvalue weighted by molar-refractivity contribution is 0.534. The fourth-order valence-corrected chi connectivity index (χ4v) is 3.29. The molecule has 0 amide bonds. The predicted molar refractivity (Wildman–Crippen MR) is 115 cm³/mol. The SMILES string of the molecule is CCc1nc(CNC(=NC)NCc2oc3ccccc3c2C)cs1.I. The highest BCUT2D eigenvalue weighted by atomic mass is 127. The summed E-state index contributed by atoms with van der Waals surface area (Å²) in [6, 6.07) is 8.09. The van der Waals surface area contributed by atoms with Gasteiger partial charge in [-0.15, -0.1) is 35.3 Å². The van der Waals surface area contributed by atoms with Crippen molar-refractivity contribution in [2.45, 2.75) is 33.4 Å². The van der Waals surface area contributed by atoms with Gasteiger partial charge in [0.05, 0.1) is 23.8 Å². The minimum Gasteiger partial charge on any atom is -0.459 e. The quantitative estimate of drug-likeness (QED) is 0.333. The number of para-hydroxylation sites is 1. The fraction of sp³-hybridized carbons (Fsp3) is 0.333. The van der Waals surface area contributed by atoms with Crippen molar-refractivity contribution in [3.05, 3.63) is 51.7 Å². The van der Waals surface area contributed by atoms with Crippen molar-refractivity contribution in [3.8, 4) is 0 Å². The Morgan fingerprint density at radius 2 is 2.00 bits per heavy atom. The van der Waals surface area contributed by atoms with Crippen molar-refractivity contribution in [1.82, 2.24) is 15.6 Å².